The Labute approximate surface area is 180 Å². The number of aryl methyl sites for hydroxylation is 2. The van der Waals surface area contributed by atoms with Gasteiger partial charge in [-0.25, -0.2) is 9.59 Å². The van der Waals surface area contributed by atoms with Crippen LogP contribution < -0.4 is 22.5 Å². The van der Waals surface area contributed by atoms with E-state index in [0.29, 0.717) is 35.9 Å². The van der Waals surface area contributed by atoms with Crippen LogP contribution in [0, 0.1) is 0 Å². The zero-order chi connectivity index (χ0) is 22.9. The first-order valence-electron chi connectivity index (χ1n) is 10.3. The molecule has 0 bridgehead atoms. The largest absolute Gasteiger partial charge is 0.352 e. The van der Waals surface area contributed by atoms with Gasteiger partial charge in [-0.05, 0) is 38.1 Å². The Kier molecular flexibility index (Phi) is 4.16. The second-order valence-electron chi connectivity index (χ2n) is 7.70. The topological polar surface area (TPSA) is 114 Å². The molecule has 4 aliphatic heterocycles. The standard InChI is InChI=1S/C22H20N6O4/c1-5-27-15-7-8-16-12(11(15)9-13-17(27)23-21(31)25(3)19(13)29)10-14-18(28(16)6-2)24-22(32)26(4)20(14)30/h7-10H,5-6H2,1-4H3. The summed E-state index contributed by atoms with van der Waals surface area (Å²) in [6.45, 7) is 4.80. The maximum atomic E-state index is 12.9. The average Bonchev–Trinajstić information content (AvgIpc) is 2.79. The minimum absolute atomic E-state index is 0.318. The highest BCUT2D eigenvalue weighted by Crippen LogP contribution is 2.33. The fourth-order valence-electron chi connectivity index (χ4n) is 4.39. The maximum Gasteiger partial charge on any atom is 0.352 e. The van der Waals surface area contributed by atoms with Crippen molar-refractivity contribution in [3.05, 3.63) is 65.9 Å². The first-order chi connectivity index (χ1) is 15.3. The normalized spacial score (nSPS) is 11.9. The van der Waals surface area contributed by atoms with E-state index in [-0.39, 0.29) is 0 Å². The number of benzene rings is 1. The van der Waals surface area contributed by atoms with Gasteiger partial charge in [0.15, 0.2) is 11.6 Å². The number of aromatic nitrogens is 6. The van der Waals surface area contributed by atoms with Crippen LogP contribution in [-0.2, 0) is 27.2 Å². The second-order valence-corrected chi connectivity index (χ2v) is 7.70. The van der Waals surface area contributed by atoms with Crippen LogP contribution in [0.1, 0.15) is 13.8 Å². The summed E-state index contributed by atoms with van der Waals surface area (Å²) in [6, 6.07) is 7.22. The van der Waals surface area contributed by atoms with Gasteiger partial charge in [-0.2, -0.15) is 9.97 Å². The summed E-state index contributed by atoms with van der Waals surface area (Å²) in [5.74, 6) is 0.648. The van der Waals surface area contributed by atoms with Gasteiger partial charge in [-0.15, -0.1) is 0 Å². The SMILES string of the molecule is CCn1c2nc(=O)n(C)c(=O)c-2cc2c3cc4c(=O)n(C)c(=O)nc-4n(CC)c3ccc21. The summed E-state index contributed by atoms with van der Waals surface area (Å²) < 4.78 is 5.61. The van der Waals surface area contributed by atoms with Crippen molar-refractivity contribution in [1.82, 2.24) is 28.2 Å². The summed E-state index contributed by atoms with van der Waals surface area (Å²) >= 11 is 0. The fourth-order valence-corrected chi connectivity index (χ4v) is 4.39. The van der Waals surface area contributed by atoms with Crippen LogP contribution in [0.4, 0.5) is 0 Å². The number of fused-ring (bicyclic) bond motifs is 5. The molecule has 1 aromatic carbocycles. The quantitative estimate of drug-likeness (QED) is 0.300. The molecular weight excluding hydrogens is 412 g/mol. The molecule has 4 aliphatic rings. The molecule has 10 heteroatoms. The third kappa shape index (κ3) is 2.46. The van der Waals surface area contributed by atoms with E-state index >= 15 is 0 Å². The third-order valence-electron chi connectivity index (χ3n) is 6.07. The van der Waals surface area contributed by atoms with Crippen molar-refractivity contribution in [3.63, 3.8) is 0 Å². The van der Waals surface area contributed by atoms with Gasteiger partial charge >= 0.3 is 11.4 Å². The molecule has 162 valence electrons. The van der Waals surface area contributed by atoms with E-state index in [9.17, 15) is 19.2 Å². The van der Waals surface area contributed by atoms with Crippen LogP contribution in [-0.4, -0.2) is 28.2 Å². The van der Waals surface area contributed by atoms with E-state index < -0.39 is 22.5 Å². The van der Waals surface area contributed by atoms with E-state index in [1.165, 1.54) is 14.1 Å². The van der Waals surface area contributed by atoms with Gasteiger partial charge in [-0.1, -0.05) is 0 Å². The van der Waals surface area contributed by atoms with Crippen LogP contribution >= 0.6 is 0 Å². The molecule has 0 spiro atoms. The van der Waals surface area contributed by atoms with E-state index in [1.54, 1.807) is 12.1 Å². The highest BCUT2D eigenvalue weighted by molar-refractivity contribution is 6.08. The molecule has 0 N–H and O–H groups in total. The molecule has 32 heavy (non-hydrogen) atoms. The average molecular weight is 432 g/mol. The highest BCUT2D eigenvalue weighted by atomic mass is 16.2. The molecule has 10 nitrogen and oxygen atoms in total. The number of hydrogen-bond acceptors (Lipinski definition) is 6. The number of hydrogen-bond donors (Lipinski definition) is 0. The molecule has 5 rings (SSSR count). The molecule has 0 saturated heterocycles. The lowest BCUT2D eigenvalue weighted by Crippen LogP contribution is -2.36. The van der Waals surface area contributed by atoms with Gasteiger partial charge in [0.1, 0.15) is 0 Å². The van der Waals surface area contributed by atoms with Gasteiger partial charge in [-0.3, -0.25) is 18.7 Å². The smallest absolute Gasteiger partial charge is 0.325 e. The Bertz CT molecular complexity index is 1620. The monoisotopic (exact) mass is 432 g/mol. The lowest BCUT2D eigenvalue weighted by molar-refractivity contribution is 0.723. The van der Waals surface area contributed by atoms with Crippen molar-refractivity contribution < 1.29 is 0 Å². The lowest BCUT2D eigenvalue weighted by atomic mass is 10.0. The molecule has 0 fully saturated rings. The molecule has 0 aromatic heterocycles. The molecule has 4 heterocycles. The zero-order valence-corrected chi connectivity index (χ0v) is 18.0. The second kappa shape index (κ2) is 6.71. The number of nitrogens with zero attached hydrogens (tertiary/aromatic N) is 6. The van der Waals surface area contributed by atoms with Crippen molar-refractivity contribution in [2.75, 3.05) is 0 Å². The molecule has 0 aliphatic carbocycles. The lowest BCUT2D eigenvalue weighted by Gasteiger charge is -2.21. The predicted octanol–water partition coefficient (Wildman–Crippen LogP) is 0.753. The Morgan fingerprint density at radius 2 is 1.06 bits per heavy atom. The number of pyridine rings is 2. The summed E-state index contributed by atoms with van der Waals surface area (Å²) in [6.07, 6.45) is 0. The van der Waals surface area contributed by atoms with Crippen LogP contribution in [0.2, 0.25) is 0 Å². The molecule has 0 unspecified atom stereocenters. The molecular formula is C22H20N6O4. The van der Waals surface area contributed by atoms with E-state index in [1.807, 2.05) is 35.1 Å². The molecule has 0 saturated carbocycles. The predicted molar refractivity (Wildman–Crippen MR) is 121 cm³/mol. The molecule has 1 aromatic rings. The molecule has 0 amide bonds. The summed E-state index contributed by atoms with van der Waals surface area (Å²) in [4.78, 5) is 58.3. The Morgan fingerprint density at radius 3 is 1.41 bits per heavy atom. The van der Waals surface area contributed by atoms with Crippen molar-refractivity contribution in [2.45, 2.75) is 26.9 Å². The first kappa shape index (κ1) is 19.9. The summed E-state index contributed by atoms with van der Waals surface area (Å²) in [7, 11) is 2.80. The van der Waals surface area contributed by atoms with Gasteiger partial charge in [0.25, 0.3) is 11.1 Å². The van der Waals surface area contributed by atoms with Crippen LogP contribution in [0.3, 0.4) is 0 Å². The summed E-state index contributed by atoms with van der Waals surface area (Å²) in [5, 5.41) is 1.48. The fraction of sp³-hybridized carbons (Fsp3) is 0.273. The maximum absolute atomic E-state index is 12.9. The van der Waals surface area contributed by atoms with E-state index in [4.69, 9.17) is 0 Å². The van der Waals surface area contributed by atoms with E-state index in [0.717, 1.165) is 30.9 Å². The summed E-state index contributed by atoms with van der Waals surface area (Å²) in [5.41, 5.74) is 0.110. The van der Waals surface area contributed by atoms with Crippen LogP contribution in [0.15, 0.2) is 43.4 Å². The minimum Gasteiger partial charge on any atom is -0.325 e. The van der Waals surface area contributed by atoms with Crippen molar-refractivity contribution in [1.29, 1.82) is 0 Å². The van der Waals surface area contributed by atoms with Crippen molar-refractivity contribution >= 4 is 21.8 Å². The van der Waals surface area contributed by atoms with Gasteiger partial charge < -0.3 is 9.13 Å². The first-order valence-corrected chi connectivity index (χ1v) is 10.3. The Morgan fingerprint density at radius 1 is 0.688 bits per heavy atom. The van der Waals surface area contributed by atoms with Crippen LogP contribution in [0.25, 0.3) is 44.6 Å². The Hall–Kier alpha value is -4.08. The van der Waals surface area contributed by atoms with Crippen LogP contribution in [0.5, 0.6) is 0 Å². The van der Waals surface area contributed by atoms with Gasteiger partial charge in [0, 0.05) is 38.0 Å². The highest BCUT2D eigenvalue weighted by Gasteiger charge is 2.22. The minimum atomic E-state index is -0.609. The number of rotatable bonds is 2. The van der Waals surface area contributed by atoms with Gasteiger partial charge in [0.05, 0.1) is 22.2 Å². The molecule has 0 atom stereocenters. The molecule has 0 radical (unpaired) electrons. The van der Waals surface area contributed by atoms with E-state index in [2.05, 4.69) is 9.97 Å². The van der Waals surface area contributed by atoms with Crippen molar-refractivity contribution in [3.8, 4) is 22.8 Å². The van der Waals surface area contributed by atoms with Crippen molar-refractivity contribution in [2.24, 2.45) is 14.1 Å². The van der Waals surface area contributed by atoms with Gasteiger partial charge in [0.2, 0.25) is 0 Å². The zero-order valence-electron chi connectivity index (χ0n) is 18.0. The third-order valence-corrected chi connectivity index (χ3v) is 6.07. The Balaban J connectivity index is 2.11.